The van der Waals surface area contributed by atoms with E-state index in [1.807, 2.05) is 36.0 Å². The van der Waals surface area contributed by atoms with Crippen LogP contribution in [0.4, 0.5) is 5.69 Å². The van der Waals surface area contributed by atoms with Gasteiger partial charge in [-0.3, -0.25) is 4.79 Å². The monoisotopic (exact) mass is 328 g/mol. The largest absolute Gasteiger partial charge is 0.373 e. The lowest BCUT2D eigenvalue weighted by molar-refractivity contribution is -0.119. The van der Waals surface area contributed by atoms with Gasteiger partial charge < -0.3 is 11.1 Å². The standard InChI is InChI=1S/C13H17BrN2OS/c14-10-3-5-11(6-4-10)16-12(13(15)17)9-2-1-7-18-8-9/h3-6,9,12,16H,1-2,7-8H2,(H2,15,17). The molecule has 18 heavy (non-hydrogen) atoms. The number of anilines is 1. The smallest absolute Gasteiger partial charge is 0.240 e. The quantitative estimate of drug-likeness (QED) is 0.893. The Morgan fingerprint density at radius 2 is 2.17 bits per heavy atom. The van der Waals surface area contributed by atoms with E-state index in [1.54, 1.807) is 0 Å². The number of rotatable bonds is 4. The van der Waals surface area contributed by atoms with Crippen molar-refractivity contribution in [3.63, 3.8) is 0 Å². The summed E-state index contributed by atoms with van der Waals surface area (Å²) in [6.07, 6.45) is 2.24. The molecule has 0 aliphatic carbocycles. The lowest BCUT2D eigenvalue weighted by atomic mass is 9.95. The van der Waals surface area contributed by atoms with Crippen LogP contribution in [0, 0.1) is 5.92 Å². The zero-order valence-corrected chi connectivity index (χ0v) is 12.5. The third kappa shape index (κ3) is 3.65. The lowest BCUT2D eigenvalue weighted by Gasteiger charge is -2.29. The summed E-state index contributed by atoms with van der Waals surface area (Å²) in [4.78, 5) is 11.6. The van der Waals surface area contributed by atoms with Gasteiger partial charge in [0.05, 0.1) is 0 Å². The fourth-order valence-electron chi connectivity index (χ4n) is 2.18. The molecule has 3 nitrogen and oxygen atoms in total. The van der Waals surface area contributed by atoms with Crippen molar-refractivity contribution in [2.24, 2.45) is 11.7 Å². The Kier molecular flexibility index (Phi) is 4.95. The summed E-state index contributed by atoms with van der Waals surface area (Å²) in [6, 6.07) is 7.55. The number of carbonyl (C=O) groups is 1. The molecule has 0 saturated carbocycles. The van der Waals surface area contributed by atoms with Gasteiger partial charge in [-0.1, -0.05) is 15.9 Å². The number of primary amides is 1. The average molecular weight is 329 g/mol. The molecule has 1 aromatic rings. The number of nitrogens with one attached hydrogen (secondary N) is 1. The first-order chi connectivity index (χ1) is 8.66. The van der Waals surface area contributed by atoms with Gasteiger partial charge in [0.2, 0.25) is 5.91 Å². The van der Waals surface area contributed by atoms with Crippen LogP contribution in [0.1, 0.15) is 12.8 Å². The van der Waals surface area contributed by atoms with Crippen LogP contribution in [0.5, 0.6) is 0 Å². The third-order valence-corrected chi connectivity index (χ3v) is 4.91. The predicted octanol–water partition coefficient (Wildman–Crippen LogP) is 2.86. The van der Waals surface area contributed by atoms with Gasteiger partial charge in [0.15, 0.2) is 0 Å². The number of nitrogens with two attached hydrogens (primary N) is 1. The van der Waals surface area contributed by atoms with Gasteiger partial charge in [0.25, 0.3) is 0 Å². The fraction of sp³-hybridized carbons (Fsp3) is 0.462. The number of amides is 1. The molecule has 1 aliphatic heterocycles. The molecule has 2 unspecified atom stereocenters. The minimum Gasteiger partial charge on any atom is -0.373 e. The molecule has 0 bridgehead atoms. The zero-order chi connectivity index (χ0) is 13.0. The Bertz CT molecular complexity index is 404. The van der Waals surface area contributed by atoms with E-state index < -0.39 is 0 Å². The molecule has 0 radical (unpaired) electrons. The minimum atomic E-state index is -0.265. The second kappa shape index (κ2) is 6.48. The molecule has 2 atom stereocenters. The average Bonchev–Trinajstić information content (AvgIpc) is 2.38. The molecule has 1 fully saturated rings. The van der Waals surface area contributed by atoms with Crippen LogP contribution in [0.3, 0.4) is 0 Å². The van der Waals surface area contributed by atoms with Crippen LogP contribution in [-0.4, -0.2) is 23.5 Å². The van der Waals surface area contributed by atoms with E-state index in [0.29, 0.717) is 5.92 Å². The van der Waals surface area contributed by atoms with E-state index in [2.05, 4.69) is 21.2 Å². The highest BCUT2D eigenvalue weighted by Crippen LogP contribution is 2.27. The van der Waals surface area contributed by atoms with Gasteiger partial charge in [-0.2, -0.15) is 11.8 Å². The summed E-state index contributed by atoms with van der Waals surface area (Å²) in [5.41, 5.74) is 6.47. The fourth-order valence-corrected chi connectivity index (χ4v) is 3.64. The van der Waals surface area contributed by atoms with Gasteiger partial charge in [-0.25, -0.2) is 0 Å². The highest BCUT2D eigenvalue weighted by molar-refractivity contribution is 9.10. The van der Waals surface area contributed by atoms with E-state index in [9.17, 15) is 4.79 Å². The van der Waals surface area contributed by atoms with Crippen LogP contribution in [0.15, 0.2) is 28.7 Å². The topological polar surface area (TPSA) is 55.1 Å². The SMILES string of the molecule is NC(=O)C(Nc1ccc(Br)cc1)C1CCCSC1. The molecule has 0 spiro atoms. The molecular formula is C13H17BrN2OS. The number of hydrogen-bond acceptors (Lipinski definition) is 3. The molecule has 5 heteroatoms. The van der Waals surface area contributed by atoms with Crippen LogP contribution in [0.2, 0.25) is 0 Å². The van der Waals surface area contributed by atoms with Gasteiger partial charge in [0, 0.05) is 10.2 Å². The van der Waals surface area contributed by atoms with Crippen molar-refractivity contribution < 1.29 is 4.79 Å². The van der Waals surface area contributed by atoms with E-state index in [-0.39, 0.29) is 11.9 Å². The summed E-state index contributed by atoms with van der Waals surface area (Å²) in [5.74, 6) is 2.28. The molecule has 0 aromatic heterocycles. The second-order valence-electron chi connectivity index (χ2n) is 4.51. The maximum atomic E-state index is 11.6. The third-order valence-electron chi connectivity index (χ3n) is 3.14. The molecule has 1 aromatic carbocycles. The van der Waals surface area contributed by atoms with Crippen LogP contribution < -0.4 is 11.1 Å². The Morgan fingerprint density at radius 3 is 2.72 bits per heavy atom. The maximum absolute atomic E-state index is 11.6. The van der Waals surface area contributed by atoms with Crippen molar-refractivity contribution in [2.45, 2.75) is 18.9 Å². The second-order valence-corrected chi connectivity index (χ2v) is 6.57. The Labute approximate surface area is 120 Å². The summed E-state index contributed by atoms with van der Waals surface area (Å²) in [5, 5.41) is 3.27. The first-order valence-electron chi connectivity index (χ1n) is 6.06. The number of hydrogen-bond donors (Lipinski definition) is 2. The highest BCUT2D eigenvalue weighted by Gasteiger charge is 2.28. The summed E-state index contributed by atoms with van der Waals surface area (Å²) < 4.78 is 1.02. The van der Waals surface area contributed by atoms with E-state index in [0.717, 1.165) is 22.3 Å². The molecule has 1 saturated heterocycles. The summed E-state index contributed by atoms with van der Waals surface area (Å²) in [7, 11) is 0. The van der Waals surface area contributed by atoms with Gasteiger partial charge >= 0.3 is 0 Å². The van der Waals surface area contributed by atoms with Gasteiger partial charge in [0.1, 0.15) is 6.04 Å². The summed E-state index contributed by atoms with van der Waals surface area (Å²) >= 11 is 5.30. The lowest BCUT2D eigenvalue weighted by Crippen LogP contribution is -2.43. The highest BCUT2D eigenvalue weighted by atomic mass is 79.9. The van der Waals surface area contributed by atoms with E-state index in [4.69, 9.17) is 5.73 Å². The zero-order valence-electron chi connectivity index (χ0n) is 10.1. The predicted molar refractivity (Wildman–Crippen MR) is 80.8 cm³/mol. The Hall–Kier alpha value is -0.680. The first-order valence-corrected chi connectivity index (χ1v) is 8.01. The molecule has 1 amide bonds. The minimum absolute atomic E-state index is 0.259. The van der Waals surface area contributed by atoms with Crippen LogP contribution in [0.25, 0.3) is 0 Å². The molecule has 1 aliphatic rings. The van der Waals surface area contributed by atoms with Gasteiger partial charge in [-0.05, 0) is 54.5 Å². The molecule has 2 rings (SSSR count). The number of benzene rings is 1. The molecule has 3 N–H and O–H groups in total. The van der Waals surface area contributed by atoms with Crippen LogP contribution in [-0.2, 0) is 4.79 Å². The van der Waals surface area contributed by atoms with Crippen molar-refractivity contribution in [3.05, 3.63) is 28.7 Å². The molecular weight excluding hydrogens is 312 g/mol. The van der Waals surface area contributed by atoms with Crippen LogP contribution >= 0.6 is 27.7 Å². The maximum Gasteiger partial charge on any atom is 0.240 e. The molecule has 98 valence electrons. The first kappa shape index (κ1) is 13.7. The van der Waals surface area contributed by atoms with Crippen molar-refractivity contribution in [1.82, 2.24) is 0 Å². The van der Waals surface area contributed by atoms with Crippen molar-refractivity contribution in [2.75, 3.05) is 16.8 Å². The van der Waals surface area contributed by atoms with E-state index in [1.165, 1.54) is 12.2 Å². The number of thioether (sulfide) groups is 1. The van der Waals surface area contributed by atoms with Crippen molar-refractivity contribution in [1.29, 1.82) is 0 Å². The van der Waals surface area contributed by atoms with E-state index >= 15 is 0 Å². The van der Waals surface area contributed by atoms with Gasteiger partial charge in [-0.15, -0.1) is 0 Å². The Balaban J connectivity index is 2.05. The normalized spacial score (nSPS) is 21.3. The van der Waals surface area contributed by atoms with Crippen molar-refractivity contribution in [3.8, 4) is 0 Å². The number of carbonyl (C=O) groups excluding carboxylic acids is 1. The number of halogens is 1. The molecule has 1 heterocycles. The Morgan fingerprint density at radius 1 is 1.44 bits per heavy atom. The van der Waals surface area contributed by atoms with Crippen molar-refractivity contribution >= 4 is 39.3 Å². The summed E-state index contributed by atoms with van der Waals surface area (Å²) in [6.45, 7) is 0.